The molecule has 0 fully saturated rings. The van der Waals surface area contributed by atoms with Gasteiger partial charge in [-0.1, -0.05) is 18.2 Å². The van der Waals surface area contributed by atoms with Gasteiger partial charge in [-0.3, -0.25) is 9.48 Å². The van der Waals surface area contributed by atoms with Crippen LogP contribution in [0.4, 0.5) is 0 Å². The first kappa shape index (κ1) is 11.4. The second-order valence-corrected chi connectivity index (χ2v) is 5.20. The van der Waals surface area contributed by atoms with Crippen molar-refractivity contribution in [3.63, 3.8) is 0 Å². The molecule has 0 atom stereocenters. The molecule has 1 heterocycles. The van der Waals surface area contributed by atoms with Gasteiger partial charge in [-0.15, -0.1) is 0 Å². The Morgan fingerprint density at radius 2 is 1.95 bits per heavy atom. The molecule has 4 aromatic rings. The van der Waals surface area contributed by atoms with Gasteiger partial charge in [0.25, 0.3) is 0 Å². The van der Waals surface area contributed by atoms with Crippen LogP contribution in [0, 0.1) is 6.92 Å². The fraction of sp³-hybridized carbons (Fsp3) is 0.176. The summed E-state index contributed by atoms with van der Waals surface area (Å²) >= 11 is 0. The maximum atomic E-state index is 11.3. The Labute approximate surface area is 116 Å². The highest BCUT2D eigenvalue weighted by molar-refractivity contribution is 6.26. The first-order chi connectivity index (χ1) is 9.74. The summed E-state index contributed by atoms with van der Waals surface area (Å²) in [7, 11) is 0. The van der Waals surface area contributed by atoms with Crippen LogP contribution in [-0.4, -0.2) is 16.1 Å². The van der Waals surface area contributed by atoms with E-state index < -0.39 is 0 Å². The number of carbonyl (C=O) groups is 1. The summed E-state index contributed by atoms with van der Waals surface area (Å²) in [5, 5.41) is 10.4. The lowest BCUT2D eigenvalue weighted by Gasteiger charge is -2.14. The largest absolute Gasteiger partial charge is 0.298 e. The number of benzene rings is 2. The molecule has 0 saturated heterocycles. The molecule has 1 aromatic heterocycles. The molecule has 0 unspecified atom stereocenters. The Kier molecular flexibility index (Phi) is 2.16. The van der Waals surface area contributed by atoms with Crippen molar-refractivity contribution in [2.75, 3.05) is 0 Å². The lowest BCUT2D eigenvalue weighted by Crippen LogP contribution is -2.05. The first-order valence-corrected chi connectivity index (χ1v) is 6.84. The smallest absolute Gasteiger partial charge is 0.150 e. The summed E-state index contributed by atoms with van der Waals surface area (Å²) in [5.74, 6) is 0. The van der Waals surface area contributed by atoms with Gasteiger partial charge in [0.15, 0.2) is 6.29 Å². The van der Waals surface area contributed by atoms with E-state index >= 15 is 0 Å². The standard InChI is InChI=1S/C17H14N2O/c1-3-19-15-7-4-11-8-12(9-20)14-6-5-13(10(2)18-19)17(15)16(11)14/h4-9H,3H2,1-2H3. The maximum Gasteiger partial charge on any atom is 0.150 e. The van der Waals surface area contributed by atoms with Crippen LogP contribution in [0.3, 0.4) is 0 Å². The van der Waals surface area contributed by atoms with E-state index in [9.17, 15) is 4.79 Å². The average molecular weight is 262 g/mol. The summed E-state index contributed by atoms with van der Waals surface area (Å²) in [6.07, 6.45) is 0.943. The molecule has 0 saturated carbocycles. The summed E-state index contributed by atoms with van der Waals surface area (Å²) in [5.41, 5.74) is 2.93. The van der Waals surface area contributed by atoms with Crippen LogP contribution >= 0.6 is 0 Å². The molecule has 98 valence electrons. The molecule has 20 heavy (non-hydrogen) atoms. The van der Waals surface area contributed by atoms with Crippen molar-refractivity contribution < 1.29 is 4.79 Å². The molecule has 4 rings (SSSR count). The highest BCUT2D eigenvalue weighted by atomic mass is 16.1. The highest BCUT2D eigenvalue weighted by Gasteiger charge is 2.15. The third kappa shape index (κ3) is 1.24. The summed E-state index contributed by atoms with van der Waals surface area (Å²) in [6.45, 7) is 4.97. The Hall–Kier alpha value is -2.42. The van der Waals surface area contributed by atoms with E-state index in [1.54, 1.807) is 0 Å². The quantitative estimate of drug-likeness (QED) is 0.513. The van der Waals surface area contributed by atoms with Crippen LogP contribution in [0.2, 0.25) is 0 Å². The summed E-state index contributed by atoms with van der Waals surface area (Å²) < 4.78 is 2.03. The minimum absolute atomic E-state index is 0.770. The zero-order valence-electron chi connectivity index (χ0n) is 11.5. The normalized spacial score (nSPS) is 11.9. The molecule has 0 radical (unpaired) electrons. The fourth-order valence-electron chi connectivity index (χ4n) is 3.25. The molecule has 3 heteroatoms. The monoisotopic (exact) mass is 262 g/mol. The SMILES string of the molecule is CCn1nc(C)c2ccc3c(C=O)cc4ccc1c2c43. The minimum Gasteiger partial charge on any atom is -0.298 e. The van der Waals surface area contributed by atoms with Crippen molar-refractivity contribution >= 4 is 38.7 Å². The average Bonchev–Trinajstić information content (AvgIpc) is 2.85. The summed E-state index contributed by atoms with van der Waals surface area (Å²) in [4.78, 5) is 11.3. The molecule has 3 nitrogen and oxygen atoms in total. The van der Waals surface area contributed by atoms with Crippen molar-refractivity contribution in [1.82, 2.24) is 9.78 Å². The number of nitrogens with zero attached hydrogens (tertiary/aromatic N) is 2. The van der Waals surface area contributed by atoms with E-state index in [4.69, 9.17) is 0 Å². The van der Waals surface area contributed by atoms with E-state index in [1.807, 2.05) is 23.7 Å². The minimum atomic E-state index is 0.770. The molecule has 0 aliphatic heterocycles. The molecular formula is C17H14N2O. The third-order valence-corrected chi connectivity index (χ3v) is 4.16. The predicted molar refractivity (Wildman–Crippen MR) is 81.7 cm³/mol. The van der Waals surface area contributed by atoms with Crippen molar-refractivity contribution in [1.29, 1.82) is 0 Å². The third-order valence-electron chi connectivity index (χ3n) is 4.16. The van der Waals surface area contributed by atoms with E-state index in [0.717, 1.165) is 40.4 Å². The maximum absolute atomic E-state index is 11.3. The number of aldehydes is 1. The van der Waals surface area contributed by atoms with Crippen molar-refractivity contribution in [2.24, 2.45) is 0 Å². The lowest BCUT2D eigenvalue weighted by molar-refractivity contribution is 0.112. The Morgan fingerprint density at radius 1 is 1.15 bits per heavy atom. The Morgan fingerprint density at radius 3 is 2.70 bits per heavy atom. The number of hydrogen-bond acceptors (Lipinski definition) is 2. The zero-order chi connectivity index (χ0) is 13.9. The van der Waals surface area contributed by atoms with Gasteiger partial charge in [-0.2, -0.15) is 5.10 Å². The van der Waals surface area contributed by atoms with Crippen LogP contribution in [0.5, 0.6) is 0 Å². The van der Waals surface area contributed by atoms with Crippen LogP contribution < -0.4 is 0 Å². The fourth-order valence-corrected chi connectivity index (χ4v) is 3.25. The second kappa shape index (κ2) is 3.79. The second-order valence-electron chi connectivity index (χ2n) is 5.20. The van der Waals surface area contributed by atoms with E-state index in [1.165, 1.54) is 16.2 Å². The molecular weight excluding hydrogens is 248 g/mol. The van der Waals surface area contributed by atoms with Crippen LogP contribution in [0.15, 0.2) is 30.3 Å². The van der Waals surface area contributed by atoms with Gasteiger partial charge in [0.05, 0.1) is 11.2 Å². The molecule has 0 N–H and O–H groups in total. The molecule has 0 amide bonds. The lowest BCUT2D eigenvalue weighted by atomic mass is 10.0. The van der Waals surface area contributed by atoms with Gasteiger partial charge in [-0.25, -0.2) is 0 Å². The molecule has 0 spiro atoms. The van der Waals surface area contributed by atoms with Crippen LogP contribution in [-0.2, 0) is 6.54 Å². The van der Waals surface area contributed by atoms with E-state index in [0.29, 0.717) is 0 Å². The summed E-state index contributed by atoms with van der Waals surface area (Å²) in [6, 6.07) is 10.3. The predicted octanol–water partition coefficient (Wildman–Crippen LogP) is 3.92. The molecule has 0 bridgehead atoms. The van der Waals surface area contributed by atoms with Gasteiger partial charge in [0, 0.05) is 22.9 Å². The first-order valence-electron chi connectivity index (χ1n) is 6.84. The molecule has 0 aliphatic carbocycles. The highest BCUT2D eigenvalue weighted by Crippen LogP contribution is 2.37. The number of aryl methyl sites for hydroxylation is 2. The molecule has 0 aliphatic rings. The van der Waals surface area contributed by atoms with Gasteiger partial charge in [0.1, 0.15) is 0 Å². The number of hydrogen-bond donors (Lipinski definition) is 0. The Bertz CT molecular complexity index is 965. The van der Waals surface area contributed by atoms with Crippen LogP contribution in [0.25, 0.3) is 32.4 Å². The van der Waals surface area contributed by atoms with Crippen LogP contribution in [0.1, 0.15) is 23.0 Å². The zero-order valence-corrected chi connectivity index (χ0v) is 11.5. The van der Waals surface area contributed by atoms with Gasteiger partial charge in [-0.05, 0) is 42.1 Å². The number of aromatic nitrogens is 2. The van der Waals surface area contributed by atoms with Crippen molar-refractivity contribution in [3.05, 3.63) is 41.6 Å². The van der Waals surface area contributed by atoms with E-state index in [-0.39, 0.29) is 0 Å². The van der Waals surface area contributed by atoms with Crippen molar-refractivity contribution in [3.8, 4) is 0 Å². The van der Waals surface area contributed by atoms with Crippen molar-refractivity contribution in [2.45, 2.75) is 20.4 Å². The van der Waals surface area contributed by atoms with Gasteiger partial charge < -0.3 is 0 Å². The number of carbonyl (C=O) groups excluding carboxylic acids is 1. The Balaban J connectivity index is 2.38. The van der Waals surface area contributed by atoms with E-state index in [2.05, 4.69) is 30.2 Å². The molecule has 3 aromatic carbocycles. The topological polar surface area (TPSA) is 34.9 Å². The number of rotatable bonds is 2. The van der Waals surface area contributed by atoms with Gasteiger partial charge in [0.2, 0.25) is 0 Å². The van der Waals surface area contributed by atoms with Gasteiger partial charge >= 0.3 is 0 Å².